The molecule has 0 aliphatic heterocycles. The molecule has 0 bridgehead atoms. The molecule has 0 amide bonds. The van der Waals surface area contributed by atoms with Crippen molar-refractivity contribution in [3.05, 3.63) is 6.92 Å². The summed E-state index contributed by atoms with van der Waals surface area (Å²) in [5.41, 5.74) is 0. The molecule has 0 aromatic heterocycles. The van der Waals surface area contributed by atoms with Crippen LogP contribution in [0.2, 0.25) is 0 Å². The minimum Gasteiger partial charge on any atom is -0.870 e. The molecule has 0 aromatic carbocycles. The molecule has 4 heteroatoms. The molecule has 0 aliphatic carbocycles. The largest absolute Gasteiger partial charge is 4.00 e. The molecule has 0 unspecified atom stereocenters. The fraction of sp³-hybridized carbons (Fsp3) is 0.875. The average molecular weight is 343 g/mol. The van der Waals surface area contributed by atoms with Crippen LogP contribution >= 0.6 is 0 Å². The van der Waals surface area contributed by atoms with E-state index in [2.05, 4.69) is 20.8 Å². The Labute approximate surface area is 94.6 Å². The van der Waals surface area contributed by atoms with Gasteiger partial charge in [-0.2, -0.15) is 6.42 Å². The Hall–Kier alpha value is 0.750. The summed E-state index contributed by atoms with van der Waals surface area (Å²) in [6.45, 7) is 8.32. The van der Waals surface area contributed by atoms with Gasteiger partial charge in [0.25, 0.3) is 0 Å². The van der Waals surface area contributed by atoms with Gasteiger partial charge in [0.1, 0.15) is 0 Å². The summed E-state index contributed by atoms with van der Waals surface area (Å²) >= 11 is 0. The molecule has 0 heterocycles. The van der Waals surface area contributed by atoms with Crippen LogP contribution in [0.25, 0.3) is 0 Å². The van der Waals surface area contributed by atoms with Gasteiger partial charge in [-0.05, 0) is 5.92 Å². The molecule has 3 N–H and O–H groups in total. The summed E-state index contributed by atoms with van der Waals surface area (Å²) in [6.07, 6.45) is 5.14. The average Bonchev–Trinajstić information content (AvgIpc) is 1.66. The second-order valence-corrected chi connectivity index (χ2v) is 2.74. The molecule has 74 valence electrons. The first-order chi connectivity index (χ1) is 3.77. The van der Waals surface area contributed by atoms with Gasteiger partial charge in [0.2, 0.25) is 0 Å². The fourth-order valence-electron chi connectivity index (χ4n) is 0.729. The van der Waals surface area contributed by atoms with Crippen LogP contribution in [-0.4, -0.2) is 16.4 Å². The first-order valence-electron chi connectivity index (χ1n) is 3.56. The summed E-state index contributed by atoms with van der Waals surface area (Å²) in [7, 11) is 0. The molecule has 0 aliphatic rings. The van der Waals surface area contributed by atoms with Crippen LogP contribution in [0, 0.1) is 12.8 Å². The van der Waals surface area contributed by atoms with E-state index in [1.165, 1.54) is 19.3 Å². The molecule has 0 rings (SSSR count). The molecule has 3 nitrogen and oxygen atoms in total. The van der Waals surface area contributed by atoms with Crippen LogP contribution in [0.15, 0.2) is 0 Å². The van der Waals surface area contributed by atoms with Crippen molar-refractivity contribution in [1.82, 2.24) is 0 Å². The standard InChI is InChI=1S/C8H17.Hf.3H2O/c1-4-5-6-7-8(2)3;;;;/h8H,1,4-7H2,2-3H3;;3*1H2/q-1;+4;;;/p-3. The smallest absolute Gasteiger partial charge is 0.870 e. The minimum absolute atomic E-state index is 0. The maximum atomic E-state index is 3.78. The summed E-state index contributed by atoms with van der Waals surface area (Å²) in [6, 6.07) is 0. The zero-order chi connectivity index (χ0) is 6.41. The van der Waals surface area contributed by atoms with Gasteiger partial charge in [0.15, 0.2) is 0 Å². The second-order valence-electron chi connectivity index (χ2n) is 2.74. The molecule has 12 heavy (non-hydrogen) atoms. The van der Waals surface area contributed by atoms with Crippen LogP contribution in [-0.2, 0) is 25.8 Å². The topological polar surface area (TPSA) is 90.0 Å². The molecule has 0 aromatic rings. The molecule has 0 fully saturated rings. The third-order valence-corrected chi connectivity index (χ3v) is 1.28. The van der Waals surface area contributed by atoms with E-state index >= 15 is 0 Å². The Morgan fingerprint density at radius 2 is 1.42 bits per heavy atom. The first-order valence-corrected chi connectivity index (χ1v) is 3.56. The SMILES string of the molecule is [CH2-]CCCCC(C)C.[Hf+4].[OH-].[OH-].[OH-]. The van der Waals surface area contributed by atoms with Crippen molar-refractivity contribution in [3.63, 3.8) is 0 Å². The van der Waals surface area contributed by atoms with Gasteiger partial charge in [0.05, 0.1) is 0 Å². The zero-order valence-electron chi connectivity index (χ0n) is 7.95. The van der Waals surface area contributed by atoms with Crippen LogP contribution in [0.5, 0.6) is 0 Å². The maximum Gasteiger partial charge on any atom is 4.00 e. The third-order valence-electron chi connectivity index (χ3n) is 1.28. The van der Waals surface area contributed by atoms with Gasteiger partial charge in [-0.1, -0.05) is 33.1 Å². The summed E-state index contributed by atoms with van der Waals surface area (Å²) in [5, 5.41) is 0. The van der Waals surface area contributed by atoms with Gasteiger partial charge in [-0.25, -0.2) is 0 Å². The predicted octanol–water partition coefficient (Wildman–Crippen LogP) is 2.50. The molecular weight excluding hydrogens is 323 g/mol. The fourth-order valence-corrected chi connectivity index (χ4v) is 0.729. The van der Waals surface area contributed by atoms with Crippen molar-refractivity contribution in [2.45, 2.75) is 39.5 Å². The van der Waals surface area contributed by atoms with Gasteiger partial charge < -0.3 is 23.4 Å². The first kappa shape index (κ1) is 29.3. The molecule has 0 saturated carbocycles. The van der Waals surface area contributed by atoms with E-state index in [-0.39, 0.29) is 42.3 Å². The minimum atomic E-state index is 0. The second kappa shape index (κ2) is 22.6. The quantitative estimate of drug-likeness (QED) is 0.446. The number of unbranched alkanes of at least 4 members (excludes halogenated alkanes) is 2. The van der Waals surface area contributed by atoms with Crippen molar-refractivity contribution in [3.8, 4) is 0 Å². The van der Waals surface area contributed by atoms with Crippen LogP contribution < -0.4 is 0 Å². The van der Waals surface area contributed by atoms with E-state index in [9.17, 15) is 0 Å². The van der Waals surface area contributed by atoms with Crippen LogP contribution in [0.3, 0.4) is 0 Å². The molecule has 0 saturated heterocycles. The summed E-state index contributed by atoms with van der Waals surface area (Å²) in [4.78, 5) is 0. The normalized spacial score (nSPS) is 7.00. The number of rotatable bonds is 4. The van der Waals surface area contributed by atoms with E-state index in [1.54, 1.807) is 0 Å². The van der Waals surface area contributed by atoms with Crippen molar-refractivity contribution >= 4 is 0 Å². The number of hydrogen-bond donors (Lipinski definition) is 0. The van der Waals surface area contributed by atoms with Crippen molar-refractivity contribution in [2.75, 3.05) is 0 Å². The summed E-state index contributed by atoms with van der Waals surface area (Å²) < 4.78 is 0. The Balaban J connectivity index is -0.0000000408. The van der Waals surface area contributed by atoms with Crippen LogP contribution in [0.4, 0.5) is 0 Å². The van der Waals surface area contributed by atoms with Gasteiger partial charge in [-0.15, -0.1) is 0 Å². The van der Waals surface area contributed by atoms with Crippen molar-refractivity contribution < 1.29 is 42.3 Å². The maximum absolute atomic E-state index is 3.78. The Morgan fingerprint density at radius 1 is 1.00 bits per heavy atom. The van der Waals surface area contributed by atoms with Crippen LogP contribution in [0.1, 0.15) is 39.5 Å². The Kier molecular flexibility index (Phi) is 55.2. The third kappa shape index (κ3) is 30.9. The summed E-state index contributed by atoms with van der Waals surface area (Å²) in [5.74, 6) is 0.876. The molecule has 0 atom stereocenters. The van der Waals surface area contributed by atoms with Gasteiger partial charge in [-0.3, -0.25) is 0 Å². The predicted molar refractivity (Wildman–Crippen MR) is 44.5 cm³/mol. The van der Waals surface area contributed by atoms with E-state index in [4.69, 9.17) is 0 Å². The van der Waals surface area contributed by atoms with Crippen molar-refractivity contribution in [1.29, 1.82) is 0 Å². The van der Waals surface area contributed by atoms with Gasteiger partial charge >= 0.3 is 25.8 Å². The molecule has 0 spiro atoms. The van der Waals surface area contributed by atoms with E-state index in [0.717, 1.165) is 12.3 Å². The molecular formula is C8H20HfO3. The molecule has 0 radical (unpaired) electrons. The van der Waals surface area contributed by atoms with Gasteiger partial charge in [0, 0.05) is 0 Å². The van der Waals surface area contributed by atoms with Crippen molar-refractivity contribution in [2.24, 2.45) is 5.92 Å². The Morgan fingerprint density at radius 3 is 1.67 bits per heavy atom. The monoisotopic (exact) mass is 344 g/mol. The van der Waals surface area contributed by atoms with E-state index < -0.39 is 0 Å². The number of hydrogen-bond acceptors (Lipinski definition) is 3. The van der Waals surface area contributed by atoms with E-state index in [0.29, 0.717) is 0 Å². The zero-order valence-corrected chi connectivity index (χ0v) is 11.5. The Bertz CT molecular complexity index is 51.6. The van der Waals surface area contributed by atoms with E-state index in [1.807, 2.05) is 0 Å².